The van der Waals surface area contributed by atoms with Crippen LogP contribution in [0, 0.1) is 0 Å². The molecule has 0 saturated heterocycles. The number of fused-ring (bicyclic) bond motifs is 1. The summed E-state index contributed by atoms with van der Waals surface area (Å²) in [6, 6.07) is 3.33. The van der Waals surface area contributed by atoms with Crippen LogP contribution in [0.3, 0.4) is 0 Å². The van der Waals surface area contributed by atoms with E-state index in [1.165, 1.54) is 17.6 Å². The lowest BCUT2D eigenvalue weighted by molar-refractivity contribution is 0.0526. The number of thiophene rings is 1. The van der Waals surface area contributed by atoms with Gasteiger partial charge in [-0.05, 0) is 31.0 Å². The third kappa shape index (κ3) is 2.48. The van der Waals surface area contributed by atoms with E-state index in [-0.39, 0.29) is 11.9 Å². The van der Waals surface area contributed by atoms with Crippen LogP contribution in [-0.4, -0.2) is 29.9 Å². The number of amides is 1. The lowest BCUT2D eigenvalue weighted by Crippen LogP contribution is -2.35. The molecule has 116 valence electrons. The summed E-state index contributed by atoms with van der Waals surface area (Å²) in [7, 11) is 0. The first kappa shape index (κ1) is 14.6. The Morgan fingerprint density at radius 3 is 3.00 bits per heavy atom. The minimum Gasteiger partial charge on any atom is -0.462 e. The Kier molecular flexibility index (Phi) is 3.89. The molecule has 0 fully saturated rings. The smallest absolute Gasteiger partial charge is 0.341 e. The zero-order valence-electron chi connectivity index (χ0n) is 12.1. The van der Waals surface area contributed by atoms with Crippen LogP contribution in [0.2, 0.25) is 0 Å². The van der Waals surface area contributed by atoms with Gasteiger partial charge in [0.1, 0.15) is 5.00 Å². The topological polar surface area (TPSA) is 85.8 Å². The number of hydrogen-bond acceptors (Lipinski definition) is 6. The van der Waals surface area contributed by atoms with Gasteiger partial charge in [0.15, 0.2) is 5.76 Å². The molecule has 2 aromatic rings. The maximum Gasteiger partial charge on any atom is 0.341 e. The van der Waals surface area contributed by atoms with Crippen LogP contribution in [0.1, 0.15) is 38.3 Å². The van der Waals surface area contributed by atoms with Gasteiger partial charge in [0.2, 0.25) is 0 Å². The molecular weight excluding hydrogens is 304 g/mol. The molecule has 0 spiro atoms. The van der Waals surface area contributed by atoms with Crippen molar-refractivity contribution in [3.05, 3.63) is 40.2 Å². The van der Waals surface area contributed by atoms with Crippen LogP contribution in [-0.2, 0) is 17.7 Å². The van der Waals surface area contributed by atoms with Crippen LogP contribution < -0.4 is 5.73 Å². The summed E-state index contributed by atoms with van der Waals surface area (Å²) >= 11 is 1.34. The Balaban J connectivity index is 1.84. The number of ether oxygens (including phenoxy) is 1. The van der Waals surface area contributed by atoms with Gasteiger partial charge in [-0.15, -0.1) is 11.3 Å². The standard InChI is InChI=1S/C15H16N2O4S/c1-2-20-15(19)12-9-5-6-17(8-11(9)22-13(12)16)14(18)10-4-3-7-21-10/h3-4,7H,2,5-6,8,16H2,1H3. The van der Waals surface area contributed by atoms with Crippen molar-refractivity contribution in [3.8, 4) is 0 Å². The van der Waals surface area contributed by atoms with Gasteiger partial charge in [0, 0.05) is 11.4 Å². The first-order chi connectivity index (χ1) is 10.6. The van der Waals surface area contributed by atoms with Crippen molar-refractivity contribution in [3.63, 3.8) is 0 Å². The van der Waals surface area contributed by atoms with E-state index in [9.17, 15) is 9.59 Å². The molecule has 7 heteroatoms. The van der Waals surface area contributed by atoms with E-state index < -0.39 is 0 Å². The molecule has 0 unspecified atom stereocenters. The Hall–Kier alpha value is -2.28. The van der Waals surface area contributed by atoms with E-state index in [1.807, 2.05) is 0 Å². The Labute approximate surface area is 131 Å². The molecule has 3 heterocycles. The average Bonchev–Trinajstić information content (AvgIpc) is 3.12. The quantitative estimate of drug-likeness (QED) is 0.877. The molecule has 0 aromatic carbocycles. The third-order valence-corrected chi connectivity index (χ3v) is 4.63. The number of esters is 1. The number of nitrogens with zero attached hydrogens (tertiary/aromatic N) is 1. The van der Waals surface area contributed by atoms with Crippen molar-refractivity contribution in [2.24, 2.45) is 0 Å². The summed E-state index contributed by atoms with van der Waals surface area (Å²) in [5.41, 5.74) is 7.34. The Bertz CT molecular complexity index is 705. The van der Waals surface area contributed by atoms with Gasteiger partial charge in [0.05, 0.1) is 25.0 Å². The monoisotopic (exact) mass is 320 g/mol. The maximum absolute atomic E-state index is 12.3. The lowest BCUT2D eigenvalue weighted by atomic mass is 10.0. The van der Waals surface area contributed by atoms with Crippen LogP contribution in [0.4, 0.5) is 5.00 Å². The SMILES string of the molecule is CCOC(=O)c1c(N)sc2c1CCN(C(=O)c1ccco1)C2. The van der Waals surface area contributed by atoms with Crippen LogP contribution >= 0.6 is 11.3 Å². The zero-order chi connectivity index (χ0) is 15.7. The molecule has 0 radical (unpaired) electrons. The molecular formula is C15H16N2O4S. The second-order valence-corrected chi connectivity index (χ2v) is 6.05. The van der Waals surface area contributed by atoms with Crippen molar-refractivity contribution in [1.29, 1.82) is 0 Å². The molecule has 0 saturated carbocycles. The first-order valence-electron chi connectivity index (χ1n) is 7.01. The number of rotatable bonds is 3. The largest absolute Gasteiger partial charge is 0.462 e. The molecule has 1 aliphatic heterocycles. The summed E-state index contributed by atoms with van der Waals surface area (Å²) in [6.07, 6.45) is 2.06. The van der Waals surface area contributed by atoms with Crippen molar-refractivity contribution in [2.75, 3.05) is 18.9 Å². The fourth-order valence-corrected chi connectivity index (χ4v) is 3.70. The maximum atomic E-state index is 12.3. The number of furan rings is 1. The van der Waals surface area contributed by atoms with E-state index in [0.29, 0.717) is 42.4 Å². The molecule has 22 heavy (non-hydrogen) atoms. The van der Waals surface area contributed by atoms with Crippen molar-refractivity contribution in [2.45, 2.75) is 19.9 Å². The van der Waals surface area contributed by atoms with Gasteiger partial charge in [-0.2, -0.15) is 0 Å². The Morgan fingerprint density at radius 2 is 2.32 bits per heavy atom. The number of anilines is 1. The molecule has 6 nitrogen and oxygen atoms in total. The molecule has 0 bridgehead atoms. The molecule has 1 amide bonds. The van der Waals surface area contributed by atoms with E-state index in [2.05, 4.69) is 0 Å². The second kappa shape index (κ2) is 5.84. The van der Waals surface area contributed by atoms with E-state index in [4.69, 9.17) is 14.9 Å². The first-order valence-corrected chi connectivity index (χ1v) is 7.83. The second-order valence-electron chi connectivity index (χ2n) is 4.92. The number of carbonyl (C=O) groups is 2. The highest BCUT2D eigenvalue weighted by atomic mass is 32.1. The fourth-order valence-electron chi connectivity index (χ4n) is 2.58. The highest BCUT2D eigenvalue weighted by Gasteiger charge is 2.30. The zero-order valence-corrected chi connectivity index (χ0v) is 12.9. The normalized spacial score (nSPS) is 13.8. The summed E-state index contributed by atoms with van der Waals surface area (Å²) in [4.78, 5) is 27.0. The molecule has 0 aliphatic carbocycles. The molecule has 3 rings (SSSR count). The minimum absolute atomic E-state index is 0.152. The molecule has 2 N–H and O–H groups in total. The van der Waals surface area contributed by atoms with Crippen molar-refractivity contribution >= 4 is 28.2 Å². The number of nitrogens with two attached hydrogens (primary N) is 1. The Morgan fingerprint density at radius 1 is 1.50 bits per heavy atom. The lowest BCUT2D eigenvalue weighted by Gasteiger charge is -2.26. The highest BCUT2D eigenvalue weighted by Crippen LogP contribution is 2.36. The summed E-state index contributed by atoms with van der Waals surface area (Å²) in [5, 5.41) is 0.454. The van der Waals surface area contributed by atoms with Gasteiger partial charge >= 0.3 is 5.97 Å². The number of hydrogen-bond donors (Lipinski definition) is 1. The van der Waals surface area contributed by atoms with Gasteiger partial charge in [0.25, 0.3) is 5.91 Å². The van der Waals surface area contributed by atoms with Crippen LogP contribution in [0.5, 0.6) is 0 Å². The third-order valence-electron chi connectivity index (χ3n) is 3.58. The molecule has 0 atom stereocenters. The number of nitrogen functional groups attached to an aromatic ring is 1. The van der Waals surface area contributed by atoms with Gasteiger partial charge in [-0.25, -0.2) is 4.79 Å². The van der Waals surface area contributed by atoms with Crippen molar-refractivity contribution < 1.29 is 18.7 Å². The van der Waals surface area contributed by atoms with Gasteiger partial charge in [-0.1, -0.05) is 0 Å². The van der Waals surface area contributed by atoms with E-state index in [1.54, 1.807) is 24.0 Å². The predicted octanol–water partition coefficient (Wildman–Crippen LogP) is 2.30. The van der Waals surface area contributed by atoms with Gasteiger partial charge in [-0.3, -0.25) is 4.79 Å². The van der Waals surface area contributed by atoms with E-state index >= 15 is 0 Å². The highest BCUT2D eigenvalue weighted by molar-refractivity contribution is 7.16. The van der Waals surface area contributed by atoms with Crippen molar-refractivity contribution in [1.82, 2.24) is 4.90 Å². The molecule has 1 aliphatic rings. The fraction of sp³-hybridized carbons (Fsp3) is 0.333. The minimum atomic E-state index is -0.386. The number of carbonyl (C=O) groups excluding carboxylic acids is 2. The summed E-state index contributed by atoms with van der Waals surface area (Å²) in [6.45, 7) is 3.03. The summed E-state index contributed by atoms with van der Waals surface area (Å²) in [5.74, 6) is -0.220. The summed E-state index contributed by atoms with van der Waals surface area (Å²) < 4.78 is 10.2. The predicted molar refractivity (Wildman–Crippen MR) is 81.8 cm³/mol. The molecule has 2 aromatic heterocycles. The van der Waals surface area contributed by atoms with E-state index in [0.717, 1.165) is 10.4 Å². The van der Waals surface area contributed by atoms with Crippen LogP contribution in [0.25, 0.3) is 0 Å². The van der Waals surface area contributed by atoms with Gasteiger partial charge < -0.3 is 19.8 Å². The van der Waals surface area contributed by atoms with Crippen LogP contribution in [0.15, 0.2) is 22.8 Å². The average molecular weight is 320 g/mol.